The van der Waals surface area contributed by atoms with Gasteiger partial charge in [-0.3, -0.25) is 0 Å². The maximum absolute atomic E-state index is 13.5. The number of aryl methyl sites for hydroxylation is 2. The van der Waals surface area contributed by atoms with Crippen LogP contribution in [0.4, 0.5) is 13.2 Å². The number of rotatable bonds is 9. The van der Waals surface area contributed by atoms with Gasteiger partial charge >= 0.3 is 6.29 Å². The Kier molecular flexibility index (Phi) is 5.71. The Balaban J connectivity index is 1.46. The van der Waals surface area contributed by atoms with Crippen molar-refractivity contribution in [1.29, 1.82) is 0 Å². The Morgan fingerprint density at radius 3 is 2.67 bits per heavy atom. The molecule has 0 saturated carbocycles. The number of benzene rings is 1. The Hall–Kier alpha value is -2.58. The van der Waals surface area contributed by atoms with E-state index in [1.165, 1.54) is 6.07 Å². The minimum Gasteiger partial charge on any atom is -0.395 e. The minimum absolute atomic E-state index is 0.0436. The predicted molar refractivity (Wildman–Crippen MR) is 106 cm³/mol. The van der Waals surface area contributed by atoms with Crippen molar-refractivity contribution >= 4 is 16.6 Å². The van der Waals surface area contributed by atoms with Gasteiger partial charge in [0.1, 0.15) is 17.5 Å². The Morgan fingerprint density at radius 1 is 1.07 bits per heavy atom. The molecule has 3 heterocycles. The molecule has 3 aromatic rings. The zero-order valence-corrected chi connectivity index (χ0v) is 17.1. The van der Waals surface area contributed by atoms with Gasteiger partial charge in [-0.05, 0) is 38.3 Å². The molecule has 162 valence electrons. The van der Waals surface area contributed by atoms with Gasteiger partial charge in [0.2, 0.25) is 0 Å². The molecule has 0 amide bonds. The first kappa shape index (κ1) is 20.7. The molecule has 0 fully saturated rings. The number of unbranched alkanes of at least 4 members (excludes halogenated alkanes) is 3. The van der Waals surface area contributed by atoms with Crippen LogP contribution in [0.3, 0.4) is 0 Å². The van der Waals surface area contributed by atoms with Crippen molar-refractivity contribution in [2.45, 2.75) is 77.7 Å². The highest BCUT2D eigenvalue weighted by atomic mass is 19.3. The van der Waals surface area contributed by atoms with Gasteiger partial charge in [-0.25, -0.2) is 14.4 Å². The van der Waals surface area contributed by atoms with E-state index in [0.717, 1.165) is 32.1 Å². The summed E-state index contributed by atoms with van der Waals surface area (Å²) in [5, 5.41) is 5.09. The lowest BCUT2D eigenvalue weighted by Gasteiger charge is -2.06. The van der Waals surface area contributed by atoms with E-state index in [4.69, 9.17) is 0 Å². The average molecular weight is 422 g/mol. The molecule has 1 aromatic carbocycles. The number of halogens is 3. The van der Waals surface area contributed by atoms with E-state index in [9.17, 15) is 13.2 Å². The van der Waals surface area contributed by atoms with Crippen molar-refractivity contribution in [1.82, 2.24) is 19.6 Å². The number of hydrogen-bond acceptors (Lipinski definition) is 5. The molecular formula is C21H25F3N4O2. The fraction of sp³-hybridized carbons (Fsp3) is 0.571. The lowest BCUT2D eigenvalue weighted by atomic mass is 10.1. The zero-order valence-electron chi connectivity index (χ0n) is 17.1. The lowest BCUT2D eigenvalue weighted by Crippen LogP contribution is -2.26. The summed E-state index contributed by atoms with van der Waals surface area (Å²) in [6, 6.07) is 3.07. The standard InChI is InChI=1S/C21H25F3N4O2/c1-3-8-14(22)9-6-4-5-7-10-17-26-20-15-11-12-16-19(30-21(23,24)29-16)18(15)25-13(2)28(20)27-17/h11-12,14H,3-10H2,1-2H3/t14-/m1/s1. The molecule has 0 unspecified atom stereocenters. The summed E-state index contributed by atoms with van der Waals surface area (Å²) < 4.78 is 51.2. The first-order chi connectivity index (χ1) is 14.4. The van der Waals surface area contributed by atoms with Gasteiger partial charge in [-0.1, -0.05) is 32.6 Å². The van der Waals surface area contributed by atoms with Crippen molar-refractivity contribution < 1.29 is 22.6 Å². The van der Waals surface area contributed by atoms with E-state index in [-0.39, 0.29) is 17.0 Å². The second kappa shape index (κ2) is 8.28. The smallest absolute Gasteiger partial charge is 0.395 e. The maximum atomic E-state index is 13.5. The summed E-state index contributed by atoms with van der Waals surface area (Å²) in [5.41, 5.74) is 0.829. The molecule has 0 aliphatic carbocycles. The highest BCUT2D eigenvalue weighted by molar-refractivity contribution is 5.96. The molecule has 2 aromatic heterocycles. The second-order valence-corrected chi connectivity index (χ2v) is 7.72. The third-order valence-electron chi connectivity index (χ3n) is 5.29. The van der Waals surface area contributed by atoms with Crippen LogP contribution < -0.4 is 9.47 Å². The number of hydrogen-bond donors (Lipinski definition) is 0. The molecular weight excluding hydrogens is 397 g/mol. The summed E-state index contributed by atoms with van der Waals surface area (Å²) in [6.45, 7) is 3.74. The molecule has 0 spiro atoms. The van der Waals surface area contributed by atoms with Gasteiger partial charge in [-0.2, -0.15) is 4.52 Å². The van der Waals surface area contributed by atoms with E-state index >= 15 is 0 Å². The predicted octanol–water partition coefficient (Wildman–Crippen LogP) is 5.54. The van der Waals surface area contributed by atoms with Gasteiger partial charge < -0.3 is 9.47 Å². The summed E-state index contributed by atoms with van der Waals surface area (Å²) >= 11 is 0. The summed E-state index contributed by atoms with van der Waals surface area (Å²) in [7, 11) is 0. The van der Waals surface area contributed by atoms with Crippen LogP contribution >= 0.6 is 0 Å². The molecule has 30 heavy (non-hydrogen) atoms. The van der Waals surface area contributed by atoms with Gasteiger partial charge in [0.05, 0.1) is 0 Å². The van der Waals surface area contributed by atoms with Gasteiger partial charge in [0, 0.05) is 11.8 Å². The zero-order chi connectivity index (χ0) is 21.3. The molecule has 0 radical (unpaired) electrons. The Bertz CT molecular complexity index is 1050. The monoisotopic (exact) mass is 422 g/mol. The highest BCUT2D eigenvalue weighted by Gasteiger charge is 2.44. The summed E-state index contributed by atoms with van der Waals surface area (Å²) in [6.07, 6.45) is 2.24. The van der Waals surface area contributed by atoms with Crippen LogP contribution in [0.1, 0.15) is 63.5 Å². The fourth-order valence-corrected chi connectivity index (χ4v) is 3.82. The quantitative estimate of drug-likeness (QED) is 0.424. The first-order valence-electron chi connectivity index (χ1n) is 10.5. The van der Waals surface area contributed by atoms with Crippen LogP contribution in [0.5, 0.6) is 11.5 Å². The maximum Gasteiger partial charge on any atom is 0.586 e. The molecule has 1 aliphatic rings. The second-order valence-electron chi connectivity index (χ2n) is 7.72. The van der Waals surface area contributed by atoms with Gasteiger partial charge in [-0.15, -0.1) is 13.9 Å². The molecule has 4 rings (SSSR count). The summed E-state index contributed by atoms with van der Waals surface area (Å²) in [4.78, 5) is 9.00. The first-order valence-corrected chi connectivity index (χ1v) is 10.5. The van der Waals surface area contributed by atoms with Crippen LogP contribution in [-0.4, -0.2) is 32.0 Å². The van der Waals surface area contributed by atoms with Crippen molar-refractivity contribution in [3.05, 3.63) is 23.8 Å². The lowest BCUT2D eigenvalue weighted by molar-refractivity contribution is -0.286. The van der Waals surface area contributed by atoms with Crippen molar-refractivity contribution in [3.8, 4) is 11.5 Å². The third kappa shape index (κ3) is 4.15. The van der Waals surface area contributed by atoms with E-state index in [0.29, 0.717) is 41.9 Å². The highest BCUT2D eigenvalue weighted by Crippen LogP contribution is 2.45. The van der Waals surface area contributed by atoms with Crippen molar-refractivity contribution in [2.75, 3.05) is 0 Å². The summed E-state index contributed by atoms with van der Waals surface area (Å²) in [5.74, 6) is 1.07. The van der Waals surface area contributed by atoms with Gasteiger partial charge in [0.15, 0.2) is 23.0 Å². The Labute approximate surface area is 172 Å². The topological polar surface area (TPSA) is 61.5 Å². The van der Waals surface area contributed by atoms with Crippen LogP contribution in [-0.2, 0) is 6.42 Å². The number of aromatic nitrogens is 4. The van der Waals surface area contributed by atoms with Crippen LogP contribution in [0.15, 0.2) is 12.1 Å². The van der Waals surface area contributed by atoms with Crippen molar-refractivity contribution in [2.24, 2.45) is 0 Å². The third-order valence-corrected chi connectivity index (χ3v) is 5.29. The van der Waals surface area contributed by atoms with Crippen LogP contribution in [0.2, 0.25) is 0 Å². The number of fused-ring (bicyclic) bond motifs is 5. The minimum atomic E-state index is -3.70. The van der Waals surface area contributed by atoms with E-state index in [2.05, 4.69) is 24.5 Å². The van der Waals surface area contributed by atoms with Crippen LogP contribution in [0.25, 0.3) is 16.6 Å². The average Bonchev–Trinajstić information content (AvgIpc) is 3.25. The SMILES string of the molecule is CCC[C@@H](F)CCCCCCc1nc2c3ccc4c(c3nc(C)n2n1)OC(F)(F)O4. The fourth-order valence-electron chi connectivity index (χ4n) is 3.82. The van der Waals surface area contributed by atoms with Gasteiger partial charge in [0.25, 0.3) is 0 Å². The Morgan fingerprint density at radius 2 is 1.87 bits per heavy atom. The largest absolute Gasteiger partial charge is 0.586 e. The van der Waals surface area contributed by atoms with E-state index in [1.807, 2.05) is 6.92 Å². The van der Waals surface area contributed by atoms with Crippen LogP contribution in [0, 0.1) is 6.92 Å². The molecule has 1 atom stereocenters. The number of ether oxygens (including phenoxy) is 2. The normalized spacial score (nSPS) is 15.9. The molecule has 0 N–H and O–H groups in total. The van der Waals surface area contributed by atoms with E-state index < -0.39 is 12.5 Å². The molecule has 0 saturated heterocycles. The molecule has 1 aliphatic heterocycles. The van der Waals surface area contributed by atoms with Crippen molar-refractivity contribution in [3.63, 3.8) is 0 Å². The molecule has 0 bridgehead atoms. The molecule has 9 heteroatoms. The number of nitrogens with zero attached hydrogens (tertiary/aromatic N) is 4. The number of alkyl halides is 3. The van der Waals surface area contributed by atoms with E-state index in [1.54, 1.807) is 17.5 Å². The molecule has 6 nitrogen and oxygen atoms in total.